The van der Waals surface area contributed by atoms with Gasteiger partial charge >= 0.3 is 0 Å². The molecular formula is C21H16N2O3S. The van der Waals surface area contributed by atoms with Crippen molar-refractivity contribution in [3.8, 4) is 11.1 Å². The second-order valence-corrected chi connectivity index (χ2v) is 7.33. The molecule has 2 heterocycles. The summed E-state index contributed by atoms with van der Waals surface area (Å²) in [6, 6.07) is 14.7. The molecule has 0 atom stereocenters. The third-order valence-corrected chi connectivity index (χ3v) is 5.49. The number of benzene rings is 2. The van der Waals surface area contributed by atoms with Crippen molar-refractivity contribution in [1.29, 1.82) is 0 Å². The van der Waals surface area contributed by atoms with Gasteiger partial charge in [0.15, 0.2) is 0 Å². The van der Waals surface area contributed by atoms with Crippen LogP contribution in [0.1, 0.15) is 36.0 Å². The van der Waals surface area contributed by atoms with Gasteiger partial charge in [-0.25, -0.2) is 0 Å². The zero-order valence-corrected chi connectivity index (χ0v) is 15.6. The number of nitrogens with one attached hydrogen (secondary N) is 1. The van der Waals surface area contributed by atoms with Crippen molar-refractivity contribution in [3.05, 3.63) is 75.5 Å². The normalized spacial score (nSPS) is 13.0. The predicted molar refractivity (Wildman–Crippen MR) is 105 cm³/mol. The fraction of sp³-hybridized carbons (Fsp3) is 0.0952. The van der Waals surface area contributed by atoms with E-state index in [1.807, 2.05) is 42.6 Å². The van der Waals surface area contributed by atoms with E-state index >= 15 is 0 Å². The molecule has 0 saturated carbocycles. The van der Waals surface area contributed by atoms with Crippen molar-refractivity contribution in [3.63, 3.8) is 0 Å². The molecule has 27 heavy (non-hydrogen) atoms. The highest BCUT2D eigenvalue weighted by Gasteiger charge is 2.32. The summed E-state index contributed by atoms with van der Waals surface area (Å²) in [6.07, 6.45) is 0. The number of amides is 3. The first kappa shape index (κ1) is 17.2. The van der Waals surface area contributed by atoms with Crippen molar-refractivity contribution < 1.29 is 14.4 Å². The summed E-state index contributed by atoms with van der Waals surface area (Å²) in [7, 11) is 1.45. The molecule has 1 N–H and O–H groups in total. The minimum atomic E-state index is -0.359. The smallest absolute Gasteiger partial charge is 0.266 e. The lowest BCUT2D eigenvalue weighted by Crippen LogP contribution is -2.24. The summed E-state index contributed by atoms with van der Waals surface area (Å²) in [5.74, 6) is -0.930. The molecular weight excluding hydrogens is 360 g/mol. The average Bonchev–Trinajstić information content (AvgIpc) is 3.23. The van der Waals surface area contributed by atoms with Crippen LogP contribution >= 0.6 is 11.3 Å². The molecule has 0 saturated heterocycles. The molecule has 0 unspecified atom stereocenters. The minimum Gasteiger partial charge on any atom is -0.321 e. The van der Waals surface area contributed by atoms with Crippen LogP contribution in [0.3, 0.4) is 0 Å². The summed E-state index contributed by atoms with van der Waals surface area (Å²) < 4.78 is 0. The van der Waals surface area contributed by atoms with Crippen LogP contribution in [0.5, 0.6) is 0 Å². The molecule has 0 radical (unpaired) electrons. The molecule has 0 spiro atoms. The Labute approximate surface area is 160 Å². The molecule has 0 fully saturated rings. The molecule has 134 valence electrons. The fourth-order valence-corrected chi connectivity index (χ4v) is 3.88. The number of carbonyl (C=O) groups excluding carboxylic acids is 3. The molecule has 5 nitrogen and oxygen atoms in total. The minimum absolute atomic E-state index is 0.245. The highest BCUT2D eigenvalue weighted by Crippen LogP contribution is 2.30. The summed E-state index contributed by atoms with van der Waals surface area (Å²) in [6.45, 7) is 2.02. The molecule has 3 amide bonds. The van der Waals surface area contributed by atoms with Crippen molar-refractivity contribution >= 4 is 34.7 Å². The molecule has 0 bridgehead atoms. The molecule has 6 heteroatoms. The largest absolute Gasteiger partial charge is 0.321 e. The lowest BCUT2D eigenvalue weighted by Gasteiger charge is -2.08. The molecule has 0 aliphatic carbocycles. The molecule has 3 aromatic rings. The van der Waals surface area contributed by atoms with Crippen molar-refractivity contribution in [2.45, 2.75) is 6.92 Å². The van der Waals surface area contributed by atoms with Gasteiger partial charge in [0.25, 0.3) is 17.7 Å². The van der Waals surface area contributed by atoms with Gasteiger partial charge in [0.05, 0.1) is 16.0 Å². The molecule has 4 rings (SSSR count). The van der Waals surface area contributed by atoms with Crippen LogP contribution in [-0.2, 0) is 0 Å². The molecule has 1 aromatic heterocycles. The average molecular weight is 376 g/mol. The van der Waals surface area contributed by atoms with Gasteiger partial charge < -0.3 is 5.32 Å². The Morgan fingerprint density at radius 2 is 1.63 bits per heavy atom. The monoisotopic (exact) mass is 376 g/mol. The van der Waals surface area contributed by atoms with E-state index < -0.39 is 0 Å². The zero-order chi connectivity index (χ0) is 19.1. The topological polar surface area (TPSA) is 66.5 Å². The highest BCUT2D eigenvalue weighted by molar-refractivity contribution is 7.12. The number of carbonyl (C=O) groups is 3. The SMILES string of the molecule is Cc1ccc(-c2ccsc2C(=O)Nc2ccc3c(c2)C(=O)N(C)C3=O)cc1. The number of fused-ring (bicyclic) bond motifs is 1. The number of hydrogen-bond acceptors (Lipinski definition) is 4. The first-order valence-corrected chi connectivity index (χ1v) is 9.26. The van der Waals surface area contributed by atoms with Crippen LogP contribution in [0, 0.1) is 6.92 Å². The lowest BCUT2D eigenvalue weighted by molar-refractivity contribution is 0.0692. The van der Waals surface area contributed by atoms with Gasteiger partial charge in [0.2, 0.25) is 0 Å². The number of hydrogen-bond donors (Lipinski definition) is 1. The van der Waals surface area contributed by atoms with Gasteiger partial charge in [-0.1, -0.05) is 29.8 Å². The second kappa shape index (κ2) is 6.48. The Bertz CT molecular complexity index is 1080. The van der Waals surface area contributed by atoms with Gasteiger partial charge in [-0.05, 0) is 42.1 Å². The van der Waals surface area contributed by atoms with Gasteiger partial charge in [-0.3, -0.25) is 19.3 Å². The summed E-state index contributed by atoms with van der Waals surface area (Å²) in [4.78, 5) is 38.6. The van der Waals surface area contributed by atoms with E-state index in [-0.39, 0.29) is 17.7 Å². The fourth-order valence-electron chi connectivity index (χ4n) is 3.07. The first-order valence-electron chi connectivity index (χ1n) is 8.38. The third-order valence-electron chi connectivity index (χ3n) is 4.58. The Balaban J connectivity index is 1.62. The van der Waals surface area contributed by atoms with E-state index in [4.69, 9.17) is 0 Å². The standard InChI is InChI=1S/C21H16N2O3S/c1-12-3-5-13(6-4-12)15-9-10-27-18(15)19(24)22-14-7-8-16-17(11-14)21(26)23(2)20(16)25/h3-11H,1-2H3,(H,22,24). The van der Waals surface area contributed by atoms with Crippen LogP contribution in [0.15, 0.2) is 53.9 Å². The van der Waals surface area contributed by atoms with E-state index in [0.29, 0.717) is 21.7 Å². The zero-order valence-electron chi connectivity index (χ0n) is 14.8. The lowest BCUT2D eigenvalue weighted by atomic mass is 10.0. The summed E-state index contributed by atoms with van der Waals surface area (Å²) >= 11 is 1.36. The maximum Gasteiger partial charge on any atom is 0.266 e. The van der Waals surface area contributed by atoms with Crippen molar-refractivity contribution in [2.24, 2.45) is 0 Å². The van der Waals surface area contributed by atoms with Gasteiger partial charge in [0.1, 0.15) is 0 Å². The van der Waals surface area contributed by atoms with Crippen molar-refractivity contribution in [2.75, 3.05) is 12.4 Å². The van der Waals surface area contributed by atoms with Crippen LogP contribution in [0.25, 0.3) is 11.1 Å². The van der Waals surface area contributed by atoms with Crippen LogP contribution in [-0.4, -0.2) is 29.7 Å². The highest BCUT2D eigenvalue weighted by atomic mass is 32.1. The van der Waals surface area contributed by atoms with Crippen LogP contribution in [0.4, 0.5) is 5.69 Å². The van der Waals surface area contributed by atoms with E-state index in [9.17, 15) is 14.4 Å². The predicted octanol–water partition coefficient (Wildman–Crippen LogP) is 4.20. The summed E-state index contributed by atoms with van der Waals surface area (Å²) in [5, 5.41) is 4.71. The van der Waals surface area contributed by atoms with Crippen LogP contribution < -0.4 is 5.32 Å². The Kier molecular flexibility index (Phi) is 4.12. The molecule has 1 aliphatic heterocycles. The van der Waals surface area contributed by atoms with Crippen LogP contribution in [0.2, 0.25) is 0 Å². The van der Waals surface area contributed by atoms with Crippen molar-refractivity contribution in [1.82, 2.24) is 4.90 Å². The number of thiophene rings is 1. The van der Waals surface area contributed by atoms with Gasteiger partial charge in [-0.15, -0.1) is 11.3 Å². The molecule has 2 aromatic carbocycles. The van der Waals surface area contributed by atoms with Gasteiger partial charge in [-0.2, -0.15) is 0 Å². The quantitative estimate of drug-likeness (QED) is 0.697. The second-order valence-electron chi connectivity index (χ2n) is 6.41. The number of imide groups is 1. The van der Waals surface area contributed by atoms with Gasteiger partial charge in [0, 0.05) is 18.3 Å². The summed E-state index contributed by atoms with van der Waals surface area (Å²) in [5.41, 5.74) is 4.15. The maximum absolute atomic E-state index is 12.8. The van der Waals surface area contributed by atoms with E-state index in [1.165, 1.54) is 18.4 Å². The Morgan fingerprint density at radius 3 is 2.37 bits per heavy atom. The Morgan fingerprint density at radius 1 is 0.926 bits per heavy atom. The van der Waals surface area contributed by atoms with E-state index in [2.05, 4.69) is 5.32 Å². The van der Waals surface area contributed by atoms with E-state index in [1.54, 1.807) is 18.2 Å². The third kappa shape index (κ3) is 2.94. The Hall–Kier alpha value is -3.25. The number of aryl methyl sites for hydroxylation is 1. The van der Waals surface area contributed by atoms with E-state index in [0.717, 1.165) is 21.6 Å². The number of anilines is 1. The number of nitrogens with zero attached hydrogens (tertiary/aromatic N) is 1. The molecule has 1 aliphatic rings. The maximum atomic E-state index is 12.8. The number of rotatable bonds is 3. The first-order chi connectivity index (χ1) is 13.0.